The Hall–Kier alpha value is -2.35. The van der Waals surface area contributed by atoms with Crippen LogP contribution in [0.5, 0.6) is 0 Å². The molecular formula is C24H24ClN3S. The number of thiophene rings is 1. The maximum atomic E-state index is 9.77. The number of benzene rings is 1. The third kappa shape index (κ3) is 4.03. The molecule has 5 heteroatoms. The van der Waals surface area contributed by atoms with Crippen molar-refractivity contribution in [1.82, 2.24) is 4.57 Å². The molecule has 1 aliphatic rings. The topological polar surface area (TPSA) is 41.1 Å². The largest absolute Gasteiger partial charge is 0.316 e. The van der Waals surface area contributed by atoms with Gasteiger partial charge in [-0.2, -0.15) is 5.26 Å². The number of hydrogen-bond donors (Lipinski definition) is 0. The second-order valence-corrected chi connectivity index (χ2v) is 10.2. The Labute approximate surface area is 181 Å². The highest BCUT2D eigenvalue weighted by atomic mass is 35.5. The van der Waals surface area contributed by atoms with Crippen LogP contribution in [-0.4, -0.2) is 10.8 Å². The van der Waals surface area contributed by atoms with Gasteiger partial charge in [0.15, 0.2) is 0 Å². The molecule has 0 radical (unpaired) electrons. The molecule has 4 rings (SSSR count). The molecule has 1 aromatic carbocycles. The molecule has 0 N–H and O–H groups in total. The molecule has 0 aliphatic heterocycles. The van der Waals surface area contributed by atoms with Crippen LogP contribution in [0.15, 0.2) is 47.6 Å². The van der Waals surface area contributed by atoms with E-state index in [9.17, 15) is 5.26 Å². The van der Waals surface area contributed by atoms with Gasteiger partial charge in [-0.3, -0.25) is 0 Å². The van der Waals surface area contributed by atoms with Gasteiger partial charge in [0.05, 0.1) is 17.5 Å². The SMILES string of the molecule is CC(C)(C)[C@H]1CCc2c(sc(N=Cc3cccn3-c3ccc(Cl)cc3)c2C#N)C1. The van der Waals surface area contributed by atoms with E-state index in [4.69, 9.17) is 16.6 Å². The minimum absolute atomic E-state index is 0.289. The lowest BCUT2D eigenvalue weighted by atomic mass is 9.72. The van der Waals surface area contributed by atoms with Gasteiger partial charge in [0, 0.05) is 21.8 Å². The van der Waals surface area contributed by atoms with Crippen LogP contribution >= 0.6 is 22.9 Å². The van der Waals surface area contributed by atoms with Crippen molar-refractivity contribution in [2.24, 2.45) is 16.3 Å². The first-order valence-corrected chi connectivity index (χ1v) is 11.1. The molecule has 2 heterocycles. The maximum absolute atomic E-state index is 9.77. The highest BCUT2D eigenvalue weighted by Crippen LogP contribution is 2.44. The van der Waals surface area contributed by atoms with E-state index in [0.29, 0.717) is 10.9 Å². The maximum Gasteiger partial charge on any atom is 0.134 e. The fourth-order valence-electron chi connectivity index (χ4n) is 3.98. The van der Waals surface area contributed by atoms with Crippen LogP contribution in [0.4, 0.5) is 5.00 Å². The molecule has 3 aromatic rings. The van der Waals surface area contributed by atoms with Gasteiger partial charge in [-0.15, -0.1) is 11.3 Å². The normalized spacial score (nSPS) is 16.7. The van der Waals surface area contributed by atoms with Crippen molar-refractivity contribution in [2.75, 3.05) is 0 Å². The Morgan fingerprint density at radius 1 is 1.24 bits per heavy atom. The lowest BCUT2D eigenvalue weighted by Crippen LogP contribution is -2.26. The van der Waals surface area contributed by atoms with Crippen molar-refractivity contribution in [2.45, 2.75) is 40.0 Å². The molecule has 0 amide bonds. The fourth-order valence-corrected chi connectivity index (χ4v) is 5.33. The molecule has 2 aromatic heterocycles. The minimum Gasteiger partial charge on any atom is -0.316 e. The van der Waals surface area contributed by atoms with Crippen molar-refractivity contribution in [1.29, 1.82) is 5.26 Å². The van der Waals surface area contributed by atoms with Gasteiger partial charge in [-0.25, -0.2) is 4.99 Å². The molecule has 3 nitrogen and oxygen atoms in total. The summed E-state index contributed by atoms with van der Waals surface area (Å²) in [7, 11) is 0. The van der Waals surface area contributed by atoms with Crippen LogP contribution in [0, 0.1) is 22.7 Å². The van der Waals surface area contributed by atoms with Gasteiger partial charge >= 0.3 is 0 Å². The number of nitrogens with zero attached hydrogens (tertiary/aromatic N) is 3. The average molecular weight is 422 g/mol. The summed E-state index contributed by atoms with van der Waals surface area (Å²) in [6.07, 6.45) is 7.03. The lowest BCUT2D eigenvalue weighted by molar-refractivity contribution is 0.218. The van der Waals surface area contributed by atoms with E-state index in [0.717, 1.165) is 41.2 Å². The first-order valence-electron chi connectivity index (χ1n) is 9.89. The summed E-state index contributed by atoms with van der Waals surface area (Å²) >= 11 is 7.70. The van der Waals surface area contributed by atoms with Crippen molar-refractivity contribution in [3.63, 3.8) is 0 Å². The van der Waals surface area contributed by atoms with Crippen molar-refractivity contribution < 1.29 is 0 Å². The highest BCUT2D eigenvalue weighted by molar-refractivity contribution is 7.16. The smallest absolute Gasteiger partial charge is 0.134 e. The predicted molar refractivity (Wildman–Crippen MR) is 122 cm³/mol. The van der Waals surface area contributed by atoms with Crippen LogP contribution in [0.1, 0.15) is 48.9 Å². The zero-order valence-corrected chi connectivity index (χ0v) is 18.5. The summed E-state index contributed by atoms with van der Waals surface area (Å²) < 4.78 is 2.06. The standard InChI is InChI=1S/C24H24ClN3S/c1-24(2,3)16-6-11-20-21(14-26)23(29-22(20)13-16)27-15-19-5-4-12-28(19)18-9-7-17(25)8-10-18/h4-5,7-10,12,15-16H,6,11,13H2,1-3H3/t16-/m0/s1. The molecule has 0 fully saturated rings. The number of hydrogen-bond acceptors (Lipinski definition) is 3. The Kier molecular flexibility index (Phi) is 5.38. The number of aromatic nitrogens is 1. The van der Waals surface area contributed by atoms with E-state index in [1.54, 1.807) is 11.3 Å². The van der Waals surface area contributed by atoms with Gasteiger partial charge in [-0.1, -0.05) is 32.4 Å². The van der Waals surface area contributed by atoms with Gasteiger partial charge in [0.1, 0.15) is 11.1 Å². The van der Waals surface area contributed by atoms with Crippen molar-refractivity contribution >= 4 is 34.2 Å². The second-order valence-electron chi connectivity index (χ2n) is 8.64. The molecule has 148 valence electrons. The predicted octanol–water partition coefficient (Wildman–Crippen LogP) is 6.97. The van der Waals surface area contributed by atoms with Gasteiger partial charge < -0.3 is 4.57 Å². The van der Waals surface area contributed by atoms with E-state index in [1.165, 1.54) is 10.4 Å². The fraction of sp³-hybridized carbons (Fsp3) is 0.333. The van der Waals surface area contributed by atoms with E-state index in [2.05, 4.69) is 31.4 Å². The molecule has 0 saturated heterocycles. The molecule has 0 spiro atoms. The first kappa shape index (κ1) is 19.9. The van der Waals surface area contributed by atoms with E-state index < -0.39 is 0 Å². The number of fused-ring (bicyclic) bond motifs is 1. The Morgan fingerprint density at radius 2 is 2.00 bits per heavy atom. The third-order valence-electron chi connectivity index (χ3n) is 5.78. The van der Waals surface area contributed by atoms with E-state index in [1.807, 2.05) is 48.8 Å². The van der Waals surface area contributed by atoms with Crippen LogP contribution in [0.25, 0.3) is 5.69 Å². The first-order chi connectivity index (χ1) is 13.9. The monoisotopic (exact) mass is 421 g/mol. The summed E-state index contributed by atoms with van der Waals surface area (Å²) in [6, 6.07) is 14.2. The molecule has 0 saturated carbocycles. The Morgan fingerprint density at radius 3 is 2.69 bits per heavy atom. The molecular weight excluding hydrogens is 398 g/mol. The minimum atomic E-state index is 0.289. The zero-order chi connectivity index (χ0) is 20.6. The summed E-state index contributed by atoms with van der Waals surface area (Å²) in [6.45, 7) is 6.93. The van der Waals surface area contributed by atoms with Crippen LogP contribution in [0.2, 0.25) is 5.02 Å². The Balaban J connectivity index is 1.64. The lowest BCUT2D eigenvalue weighted by Gasteiger charge is -2.33. The van der Waals surface area contributed by atoms with E-state index >= 15 is 0 Å². The molecule has 0 bridgehead atoms. The van der Waals surface area contributed by atoms with Crippen LogP contribution in [0.3, 0.4) is 0 Å². The summed E-state index contributed by atoms with van der Waals surface area (Å²) in [5.41, 5.74) is 4.27. The highest BCUT2D eigenvalue weighted by Gasteiger charge is 2.32. The van der Waals surface area contributed by atoms with Gasteiger partial charge in [0.25, 0.3) is 0 Å². The number of halogens is 1. The van der Waals surface area contributed by atoms with Crippen molar-refractivity contribution in [3.8, 4) is 11.8 Å². The van der Waals surface area contributed by atoms with E-state index in [-0.39, 0.29) is 5.41 Å². The zero-order valence-electron chi connectivity index (χ0n) is 16.9. The molecule has 0 unspecified atom stereocenters. The van der Waals surface area contributed by atoms with Gasteiger partial charge in [0.2, 0.25) is 0 Å². The molecule has 1 aliphatic carbocycles. The summed E-state index contributed by atoms with van der Waals surface area (Å²) in [4.78, 5) is 6.08. The molecule has 29 heavy (non-hydrogen) atoms. The second kappa shape index (κ2) is 7.82. The number of aliphatic imine (C=N–C) groups is 1. The van der Waals surface area contributed by atoms with Crippen LogP contribution in [-0.2, 0) is 12.8 Å². The van der Waals surface area contributed by atoms with Crippen molar-refractivity contribution in [3.05, 3.63) is 69.3 Å². The summed E-state index contributed by atoms with van der Waals surface area (Å²) in [5, 5.41) is 11.3. The number of rotatable bonds is 3. The Bertz CT molecular complexity index is 1090. The molecule has 1 atom stereocenters. The third-order valence-corrected chi connectivity index (χ3v) is 7.20. The average Bonchev–Trinajstić information content (AvgIpc) is 3.29. The van der Waals surface area contributed by atoms with Crippen LogP contribution < -0.4 is 0 Å². The quantitative estimate of drug-likeness (QED) is 0.421. The number of nitriles is 1. The van der Waals surface area contributed by atoms with Gasteiger partial charge in [-0.05, 0) is 72.6 Å². The summed E-state index contributed by atoms with van der Waals surface area (Å²) in [5.74, 6) is 0.652.